The normalized spacial score (nSPS) is 11.1. The van der Waals surface area contributed by atoms with Crippen molar-refractivity contribution >= 4 is 39.3 Å². The Morgan fingerprint density at radius 3 is 2.50 bits per heavy atom. The van der Waals surface area contributed by atoms with Gasteiger partial charge in [0.1, 0.15) is 0 Å². The van der Waals surface area contributed by atoms with Gasteiger partial charge < -0.3 is 11.1 Å². The molecule has 18 heavy (non-hydrogen) atoms. The van der Waals surface area contributed by atoms with Crippen LogP contribution in [0.4, 0.5) is 0 Å². The molecule has 0 saturated heterocycles. The predicted octanol–water partition coefficient (Wildman–Crippen LogP) is 2.34. The van der Waals surface area contributed by atoms with E-state index in [4.69, 9.17) is 17.3 Å². The average Bonchev–Trinajstić information content (AvgIpc) is 2.24. The molecule has 6 heteroatoms. The summed E-state index contributed by atoms with van der Waals surface area (Å²) in [6.07, 6.45) is 0. The molecule has 0 atom stereocenters. The Morgan fingerprint density at radius 2 is 2.00 bits per heavy atom. The van der Waals surface area contributed by atoms with Crippen molar-refractivity contribution in [3.8, 4) is 0 Å². The van der Waals surface area contributed by atoms with E-state index in [0.717, 1.165) is 0 Å². The zero-order valence-corrected chi connectivity index (χ0v) is 12.4. The fourth-order valence-corrected chi connectivity index (χ4v) is 2.04. The Kier molecular flexibility index (Phi) is 4.76. The van der Waals surface area contributed by atoms with Gasteiger partial charge in [0.25, 0.3) is 5.91 Å². The predicted molar refractivity (Wildman–Crippen MR) is 74.5 cm³/mol. The summed E-state index contributed by atoms with van der Waals surface area (Å²) in [5.74, 6) is -0.761. The Balaban J connectivity index is 2.75. The fraction of sp³-hybridized carbons (Fsp3) is 0.333. The molecule has 0 aliphatic heterocycles. The van der Waals surface area contributed by atoms with E-state index in [1.54, 1.807) is 32.0 Å². The Bertz CT molecular complexity index is 469. The third kappa shape index (κ3) is 3.99. The van der Waals surface area contributed by atoms with E-state index >= 15 is 0 Å². The van der Waals surface area contributed by atoms with Crippen molar-refractivity contribution in [3.05, 3.63) is 33.3 Å². The zero-order chi connectivity index (χ0) is 13.9. The highest BCUT2D eigenvalue weighted by Gasteiger charge is 2.25. The van der Waals surface area contributed by atoms with E-state index in [1.165, 1.54) is 0 Å². The van der Waals surface area contributed by atoms with Gasteiger partial charge in [0, 0.05) is 21.6 Å². The zero-order valence-electron chi connectivity index (χ0n) is 10.1. The van der Waals surface area contributed by atoms with Crippen LogP contribution in [0.5, 0.6) is 0 Å². The molecule has 0 aliphatic rings. The van der Waals surface area contributed by atoms with Gasteiger partial charge in [-0.2, -0.15) is 0 Å². The molecule has 3 N–H and O–H groups in total. The van der Waals surface area contributed by atoms with Crippen molar-refractivity contribution in [2.75, 3.05) is 6.54 Å². The van der Waals surface area contributed by atoms with Crippen LogP contribution in [0, 0.1) is 5.41 Å². The monoisotopic (exact) mass is 332 g/mol. The highest BCUT2D eigenvalue weighted by molar-refractivity contribution is 9.10. The number of benzene rings is 1. The average molecular weight is 334 g/mol. The van der Waals surface area contributed by atoms with E-state index in [9.17, 15) is 9.59 Å². The molecule has 0 heterocycles. The number of amides is 2. The molecule has 1 aromatic rings. The molecular formula is C12H14BrClN2O2. The number of nitrogens with one attached hydrogen (secondary N) is 1. The molecule has 0 bridgehead atoms. The number of rotatable bonds is 4. The lowest BCUT2D eigenvalue weighted by molar-refractivity contribution is -0.125. The van der Waals surface area contributed by atoms with Crippen LogP contribution in [0.3, 0.4) is 0 Å². The van der Waals surface area contributed by atoms with Crippen LogP contribution in [0.15, 0.2) is 22.7 Å². The lowest BCUT2D eigenvalue weighted by Gasteiger charge is -2.20. The van der Waals surface area contributed by atoms with Gasteiger partial charge in [0.05, 0.1) is 5.41 Å². The molecule has 0 saturated carbocycles. The van der Waals surface area contributed by atoms with Gasteiger partial charge in [0.15, 0.2) is 0 Å². The molecule has 0 unspecified atom stereocenters. The summed E-state index contributed by atoms with van der Waals surface area (Å²) in [4.78, 5) is 23.0. The van der Waals surface area contributed by atoms with E-state index in [1.807, 2.05) is 0 Å². The first-order valence-corrected chi connectivity index (χ1v) is 6.44. The lowest BCUT2D eigenvalue weighted by Crippen LogP contribution is -2.42. The summed E-state index contributed by atoms with van der Waals surface area (Å²) < 4.78 is 0.717. The van der Waals surface area contributed by atoms with Crippen molar-refractivity contribution in [3.63, 3.8) is 0 Å². The molecule has 0 radical (unpaired) electrons. The van der Waals surface area contributed by atoms with Crippen molar-refractivity contribution < 1.29 is 9.59 Å². The molecule has 1 aromatic carbocycles. The minimum Gasteiger partial charge on any atom is -0.369 e. The van der Waals surface area contributed by atoms with Gasteiger partial charge >= 0.3 is 0 Å². The van der Waals surface area contributed by atoms with Crippen molar-refractivity contribution in [1.82, 2.24) is 5.32 Å². The van der Waals surface area contributed by atoms with Crippen LogP contribution in [0.1, 0.15) is 24.2 Å². The third-order valence-electron chi connectivity index (χ3n) is 2.48. The number of hydrogen-bond acceptors (Lipinski definition) is 2. The maximum atomic E-state index is 11.9. The summed E-state index contributed by atoms with van der Waals surface area (Å²) >= 11 is 9.11. The molecule has 1 rings (SSSR count). The maximum Gasteiger partial charge on any atom is 0.251 e. The number of carbonyl (C=O) groups excluding carboxylic acids is 2. The second kappa shape index (κ2) is 5.71. The first-order chi connectivity index (χ1) is 8.22. The number of hydrogen-bond donors (Lipinski definition) is 2. The topological polar surface area (TPSA) is 72.2 Å². The second-order valence-electron chi connectivity index (χ2n) is 4.59. The minimum absolute atomic E-state index is 0.172. The minimum atomic E-state index is -0.786. The molecule has 0 aromatic heterocycles. The van der Waals surface area contributed by atoms with E-state index < -0.39 is 11.3 Å². The molecule has 0 aliphatic carbocycles. The molecule has 2 amide bonds. The van der Waals surface area contributed by atoms with Crippen LogP contribution >= 0.6 is 27.5 Å². The molecule has 4 nitrogen and oxygen atoms in total. The lowest BCUT2D eigenvalue weighted by atomic mass is 9.92. The van der Waals surface area contributed by atoms with Crippen LogP contribution < -0.4 is 11.1 Å². The molecular weight excluding hydrogens is 320 g/mol. The van der Waals surface area contributed by atoms with Gasteiger partial charge in [-0.3, -0.25) is 9.59 Å². The summed E-state index contributed by atoms with van der Waals surface area (Å²) in [6.45, 7) is 3.51. The number of halogens is 2. The molecule has 98 valence electrons. The smallest absolute Gasteiger partial charge is 0.251 e. The Labute approximate surface area is 119 Å². The van der Waals surface area contributed by atoms with Crippen LogP contribution in [-0.2, 0) is 4.79 Å². The Hall–Kier alpha value is -1.07. The van der Waals surface area contributed by atoms with Crippen molar-refractivity contribution in [1.29, 1.82) is 0 Å². The summed E-state index contributed by atoms with van der Waals surface area (Å²) in [7, 11) is 0. The van der Waals surface area contributed by atoms with Gasteiger partial charge in [-0.05, 0) is 32.0 Å². The highest BCUT2D eigenvalue weighted by Crippen LogP contribution is 2.20. The number of primary amides is 1. The third-order valence-corrected chi connectivity index (χ3v) is 3.16. The SMILES string of the molecule is CC(C)(CNC(=O)c1cc(Cl)cc(Br)c1)C(N)=O. The first kappa shape index (κ1) is 15.0. The Morgan fingerprint density at radius 1 is 1.39 bits per heavy atom. The fourth-order valence-electron chi connectivity index (χ4n) is 1.18. The highest BCUT2D eigenvalue weighted by atomic mass is 79.9. The van der Waals surface area contributed by atoms with E-state index in [-0.39, 0.29) is 12.5 Å². The van der Waals surface area contributed by atoms with Crippen LogP contribution in [-0.4, -0.2) is 18.4 Å². The van der Waals surface area contributed by atoms with Gasteiger partial charge in [-0.25, -0.2) is 0 Å². The second-order valence-corrected chi connectivity index (χ2v) is 5.94. The summed E-state index contributed by atoms with van der Waals surface area (Å²) in [5.41, 5.74) is 4.86. The summed E-state index contributed by atoms with van der Waals surface area (Å²) in [6, 6.07) is 4.89. The van der Waals surface area contributed by atoms with Crippen molar-refractivity contribution in [2.45, 2.75) is 13.8 Å². The van der Waals surface area contributed by atoms with Gasteiger partial charge in [-0.1, -0.05) is 27.5 Å². The van der Waals surface area contributed by atoms with E-state index in [2.05, 4.69) is 21.2 Å². The van der Waals surface area contributed by atoms with E-state index in [0.29, 0.717) is 15.1 Å². The molecule has 0 spiro atoms. The van der Waals surface area contributed by atoms with Gasteiger partial charge in [-0.15, -0.1) is 0 Å². The standard InChI is InChI=1S/C12H14BrClN2O2/c1-12(2,11(15)18)6-16-10(17)7-3-8(13)5-9(14)4-7/h3-5H,6H2,1-2H3,(H2,15,18)(H,16,17). The largest absolute Gasteiger partial charge is 0.369 e. The quantitative estimate of drug-likeness (QED) is 0.887. The summed E-state index contributed by atoms with van der Waals surface area (Å²) in [5, 5.41) is 3.12. The maximum absolute atomic E-state index is 11.9. The van der Waals surface area contributed by atoms with Gasteiger partial charge in [0.2, 0.25) is 5.91 Å². The van der Waals surface area contributed by atoms with Crippen LogP contribution in [0.2, 0.25) is 5.02 Å². The first-order valence-electron chi connectivity index (χ1n) is 5.26. The molecule has 0 fully saturated rings. The van der Waals surface area contributed by atoms with Crippen LogP contribution in [0.25, 0.3) is 0 Å². The number of nitrogens with two attached hydrogens (primary N) is 1. The number of carbonyl (C=O) groups is 2. The van der Waals surface area contributed by atoms with Crippen molar-refractivity contribution in [2.24, 2.45) is 11.1 Å².